The van der Waals surface area contributed by atoms with Gasteiger partial charge in [0.05, 0.1) is 11.1 Å². The van der Waals surface area contributed by atoms with Crippen LogP contribution in [-0.2, 0) is 10.0 Å². The van der Waals surface area contributed by atoms with Gasteiger partial charge in [0, 0.05) is 0 Å². The van der Waals surface area contributed by atoms with Gasteiger partial charge < -0.3 is 4.74 Å². The first-order valence-corrected chi connectivity index (χ1v) is 9.16. The van der Waals surface area contributed by atoms with Crippen molar-refractivity contribution in [2.75, 3.05) is 0 Å². The Morgan fingerprint density at radius 2 is 1.67 bits per heavy atom. The first-order valence-electron chi connectivity index (χ1n) is 6.86. The highest BCUT2D eigenvalue weighted by Crippen LogP contribution is 2.39. The van der Waals surface area contributed by atoms with Crippen LogP contribution in [0.2, 0.25) is 10.0 Å². The van der Waals surface area contributed by atoms with E-state index >= 15 is 0 Å². The van der Waals surface area contributed by atoms with Gasteiger partial charge in [-0.3, -0.25) is 0 Å². The standard InChI is InChI=1S/C14H19Cl2NO3S/c1-8-5-9(2)7-10(6-8)20-11-3-4-12(21(17,18)19)14(16)13(11)15/h3-4,8-10H,5-7H2,1-2H3,(H2,17,18,19). The van der Waals surface area contributed by atoms with Crippen LogP contribution in [0.15, 0.2) is 17.0 Å². The Morgan fingerprint density at radius 3 is 2.19 bits per heavy atom. The summed E-state index contributed by atoms with van der Waals surface area (Å²) in [7, 11) is -3.90. The molecular weight excluding hydrogens is 333 g/mol. The Morgan fingerprint density at radius 1 is 1.10 bits per heavy atom. The van der Waals surface area contributed by atoms with Crippen LogP contribution in [0.1, 0.15) is 33.1 Å². The number of benzene rings is 1. The second kappa shape index (κ2) is 6.32. The molecule has 0 aliphatic heterocycles. The molecule has 0 bridgehead atoms. The molecule has 1 saturated carbocycles. The lowest BCUT2D eigenvalue weighted by atomic mass is 9.82. The molecular formula is C14H19Cl2NO3S. The predicted molar refractivity (Wildman–Crippen MR) is 84.4 cm³/mol. The minimum atomic E-state index is -3.90. The molecule has 0 spiro atoms. The molecule has 0 saturated heterocycles. The van der Waals surface area contributed by atoms with E-state index in [1.54, 1.807) is 0 Å². The molecule has 0 heterocycles. The van der Waals surface area contributed by atoms with Crippen LogP contribution in [0.3, 0.4) is 0 Å². The van der Waals surface area contributed by atoms with Crippen molar-refractivity contribution >= 4 is 33.2 Å². The van der Waals surface area contributed by atoms with Crippen molar-refractivity contribution in [1.82, 2.24) is 0 Å². The fourth-order valence-electron chi connectivity index (χ4n) is 2.97. The summed E-state index contributed by atoms with van der Waals surface area (Å²) >= 11 is 12.1. The summed E-state index contributed by atoms with van der Waals surface area (Å²) in [6.07, 6.45) is 3.17. The molecule has 4 nitrogen and oxygen atoms in total. The van der Waals surface area contributed by atoms with Crippen molar-refractivity contribution in [1.29, 1.82) is 0 Å². The molecule has 0 radical (unpaired) electrons. The molecule has 1 fully saturated rings. The van der Waals surface area contributed by atoms with Gasteiger partial charge in [-0.05, 0) is 43.2 Å². The highest BCUT2D eigenvalue weighted by Gasteiger charge is 2.27. The van der Waals surface area contributed by atoms with Crippen molar-refractivity contribution < 1.29 is 13.2 Å². The number of ether oxygens (including phenoxy) is 1. The lowest BCUT2D eigenvalue weighted by Gasteiger charge is -2.32. The van der Waals surface area contributed by atoms with Gasteiger partial charge >= 0.3 is 0 Å². The maximum absolute atomic E-state index is 11.4. The third-order valence-corrected chi connectivity index (χ3v) is 5.68. The van der Waals surface area contributed by atoms with Gasteiger partial charge in [-0.1, -0.05) is 37.0 Å². The predicted octanol–water partition coefficient (Wildman–Crippen LogP) is 3.84. The van der Waals surface area contributed by atoms with E-state index in [2.05, 4.69) is 13.8 Å². The Hall–Kier alpha value is -0.490. The zero-order valence-corrected chi connectivity index (χ0v) is 14.3. The van der Waals surface area contributed by atoms with Crippen molar-refractivity contribution in [2.24, 2.45) is 17.0 Å². The number of hydrogen-bond acceptors (Lipinski definition) is 3. The Bertz CT molecular complexity index is 623. The highest BCUT2D eigenvalue weighted by molar-refractivity contribution is 7.89. The topological polar surface area (TPSA) is 69.4 Å². The molecule has 2 atom stereocenters. The smallest absolute Gasteiger partial charge is 0.239 e. The zero-order valence-electron chi connectivity index (χ0n) is 12.0. The first-order chi connectivity index (χ1) is 9.68. The van der Waals surface area contributed by atoms with Crippen LogP contribution in [0.4, 0.5) is 0 Å². The monoisotopic (exact) mass is 351 g/mol. The summed E-state index contributed by atoms with van der Waals surface area (Å²) in [5.41, 5.74) is 0. The number of hydrogen-bond donors (Lipinski definition) is 1. The van der Waals surface area contributed by atoms with E-state index in [0.717, 1.165) is 12.8 Å². The summed E-state index contributed by atoms with van der Waals surface area (Å²) in [6.45, 7) is 4.40. The van der Waals surface area contributed by atoms with E-state index in [0.29, 0.717) is 17.6 Å². The number of sulfonamides is 1. The minimum Gasteiger partial charge on any atom is -0.489 e. The third kappa shape index (κ3) is 4.03. The fourth-order valence-corrected chi connectivity index (χ4v) is 4.33. The normalized spacial score (nSPS) is 26.6. The molecule has 1 aliphatic carbocycles. The molecule has 1 aliphatic rings. The van der Waals surface area contributed by atoms with Crippen LogP contribution in [0, 0.1) is 11.8 Å². The Balaban J connectivity index is 2.24. The molecule has 1 aromatic rings. The number of primary sulfonamides is 1. The van der Waals surface area contributed by atoms with E-state index < -0.39 is 10.0 Å². The van der Waals surface area contributed by atoms with Crippen molar-refractivity contribution in [2.45, 2.75) is 44.1 Å². The van der Waals surface area contributed by atoms with Gasteiger partial charge in [0.15, 0.2) is 0 Å². The maximum atomic E-state index is 11.4. The van der Waals surface area contributed by atoms with E-state index in [-0.39, 0.29) is 21.0 Å². The number of rotatable bonds is 3. The molecule has 118 valence electrons. The average molecular weight is 352 g/mol. The quantitative estimate of drug-likeness (QED) is 0.898. The molecule has 21 heavy (non-hydrogen) atoms. The molecule has 2 rings (SSSR count). The SMILES string of the molecule is CC1CC(C)CC(Oc2ccc(S(N)(=O)=O)c(Cl)c2Cl)C1. The first kappa shape index (κ1) is 16.9. The van der Waals surface area contributed by atoms with Gasteiger partial charge in [-0.15, -0.1) is 0 Å². The number of nitrogens with two attached hydrogens (primary N) is 1. The molecule has 2 unspecified atom stereocenters. The zero-order chi connectivity index (χ0) is 15.8. The fraction of sp³-hybridized carbons (Fsp3) is 0.571. The van der Waals surface area contributed by atoms with E-state index in [4.69, 9.17) is 33.1 Å². The molecule has 0 amide bonds. The summed E-state index contributed by atoms with van der Waals surface area (Å²) in [5, 5.41) is 5.09. The number of halogens is 2. The van der Waals surface area contributed by atoms with Crippen LogP contribution in [0.25, 0.3) is 0 Å². The summed E-state index contributed by atoms with van der Waals surface area (Å²) in [5.74, 6) is 1.59. The van der Waals surface area contributed by atoms with Crippen LogP contribution in [-0.4, -0.2) is 14.5 Å². The summed E-state index contributed by atoms with van der Waals surface area (Å²) in [4.78, 5) is -0.188. The summed E-state index contributed by atoms with van der Waals surface area (Å²) in [6, 6.07) is 2.84. The molecule has 1 aromatic carbocycles. The van der Waals surface area contributed by atoms with E-state index in [1.807, 2.05) is 0 Å². The third-order valence-electron chi connectivity index (χ3n) is 3.75. The van der Waals surface area contributed by atoms with E-state index in [1.165, 1.54) is 18.6 Å². The van der Waals surface area contributed by atoms with Gasteiger partial charge in [-0.2, -0.15) is 0 Å². The second-order valence-corrected chi connectivity index (χ2v) is 8.18. The molecule has 2 N–H and O–H groups in total. The van der Waals surface area contributed by atoms with Crippen LogP contribution in [0.5, 0.6) is 5.75 Å². The maximum Gasteiger partial charge on any atom is 0.239 e. The second-order valence-electron chi connectivity index (χ2n) is 5.89. The van der Waals surface area contributed by atoms with Crippen molar-refractivity contribution in [3.05, 3.63) is 22.2 Å². The molecule has 7 heteroatoms. The van der Waals surface area contributed by atoms with Crippen LogP contribution < -0.4 is 9.88 Å². The lowest BCUT2D eigenvalue weighted by Crippen LogP contribution is -2.28. The van der Waals surface area contributed by atoms with E-state index in [9.17, 15) is 8.42 Å². The van der Waals surface area contributed by atoms with Gasteiger partial charge in [0.2, 0.25) is 10.0 Å². The molecule has 0 aromatic heterocycles. The minimum absolute atomic E-state index is 0.0673. The largest absolute Gasteiger partial charge is 0.489 e. The van der Waals surface area contributed by atoms with Gasteiger partial charge in [0.1, 0.15) is 15.7 Å². The average Bonchev–Trinajstić information content (AvgIpc) is 2.32. The summed E-state index contributed by atoms with van der Waals surface area (Å²) < 4.78 is 28.7. The highest BCUT2D eigenvalue weighted by atomic mass is 35.5. The van der Waals surface area contributed by atoms with Gasteiger partial charge in [-0.25, -0.2) is 13.6 Å². The van der Waals surface area contributed by atoms with Crippen molar-refractivity contribution in [3.8, 4) is 5.75 Å². The Labute approximate surface area is 135 Å². The van der Waals surface area contributed by atoms with Crippen molar-refractivity contribution in [3.63, 3.8) is 0 Å². The lowest BCUT2D eigenvalue weighted by molar-refractivity contribution is 0.101. The van der Waals surface area contributed by atoms with Gasteiger partial charge in [0.25, 0.3) is 0 Å². The van der Waals surface area contributed by atoms with Crippen LogP contribution >= 0.6 is 23.2 Å². The Kier molecular flexibility index (Phi) is 5.08.